The predicted molar refractivity (Wildman–Crippen MR) is 88.9 cm³/mol. The molecular weight excluding hydrogens is 420 g/mol. The predicted octanol–water partition coefficient (Wildman–Crippen LogP) is 4.81. The molecule has 19 heavy (non-hydrogen) atoms. The minimum Gasteiger partial charge on any atom is -0.309 e. The molecule has 2 aromatic rings. The van der Waals surface area contributed by atoms with Gasteiger partial charge in [-0.2, -0.15) is 0 Å². The average molecular weight is 434 g/mol. The Labute approximate surface area is 134 Å². The van der Waals surface area contributed by atoms with Crippen LogP contribution in [0.25, 0.3) is 0 Å². The molecule has 4 heteroatoms. The van der Waals surface area contributed by atoms with Gasteiger partial charge in [0.25, 0.3) is 0 Å². The number of aryl methyl sites for hydroxylation is 1. The van der Waals surface area contributed by atoms with Crippen LogP contribution < -0.4 is 5.32 Å². The minimum atomic E-state index is -0.167. The lowest BCUT2D eigenvalue weighted by molar-refractivity contribution is 0.608. The van der Waals surface area contributed by atoms with Crippen molar-refractivity contribution in [1.29, 1.82) is 0 Å². The van der Waals surface area contributed by atoms with E-state index in [9.17, 15) is 4.39 Å². The second-order valence-electron chi connectivity index (χ2n) is 4.40. The second kappa shape index (κ2) is 6.33. The number of rotatable bonds is 3. The van der Waals surface area contributed by atoms with E-state index in [0.717, 1.165) is 19.2 Å². The fraction of sp³-hybridized carbons (Fsp3) is 0.200. The average Bonchev–Trinajstić information content (AvgIpc) is 2.38. The number of nitrogens with one attached hydrogen (secondary N) is 1. The molecule has 1 nitrogen and oxygen atoms in total. The molecule has 1 atom stereocenters. The maximum Gasteiger partial charge on any atom is 0.126 e. The SMILES string of the molecule is CNC(c1ccc(C)c(F)c1)c1cc(I)ccc1Br. The van der Waals surface area contributed by atoms with E-state index in [1.165, 1.54) is 0 Å². The molecule has 0 spiro atoms. The highest BCUT2D eigenvalue weighted by Crippen LogP contribution is 2.30. The summed E-state index contributed by atoms with van der Waals surface area (Å²) < 4.78 is 15.9. The summed E-state index contributed by atoms with van der Waals surface area (Å²) in [4.78, 5) is 0. The van der Waals surface area contributed by atoms with Gasteiger partial charge in [0, 0.05) is 8.04 Å². The molecule has 0 fully saturated rings. The van der Waals surface area contributed by atoms with Crippen molar-refractivity contribution in [3.05, 3.63) is 66.9 Å². The summed E-state index contributed by atoms with van der Waals surface area (Å²) in [6.45, 7) is 1.77. The first kappa shape index (κ1) is 14.9. The molecule has 0 bridgehead atoms. The number of hydrogen-bond acceptors (Lipinski definition) is 1. The molecule has 0 aliphatic carbocycles. The Hall–Kier alpha value is -0.460. The van der Waals surface area contributed by atoms with E-state index in [1.54, 1.807) is 13.0 Å². The molecule has 0 aromatic heterocycles. The van der Waals surface area contributed by atoms with Gasteiger partial charge in [0.05, 0.1) is 6.04 Å². The third kappa shape index (κ3) is 3.35. The molecule has 2 rings (SSSR count). The zero-order valence-corrected chi connectivity index (χ0v) is 14.4. The molecule has 0 aliphatic rings. The van der Waals surface area contributed by atoms with Gasteiger partial charge in [-0.25, -0.2) is 4.39 Å². The highest BCUT2D eigenvalue weighted by molar-refractivity contribution is 14.1. The topological polar surface area (TPSA) is 12.0 Å². The fourth-order valence-corrected chi connectivity index (χ4v) is 3.02. The van der Waals surface area contributed by atoms with Gasteiger partial charge in [-0.1, -0.05) is 28.1 Å². The third-order valence-electron chi connectivity index (χ3n) is 3.09. The summed E-state index contributed by atoms with van der Waals surface area (Å²) in [5.74, 6) is -0.167. The highest BCUT2D eigenvalue weighted by atomic mass is 127. The van der Waals surface area contributed by atoms with Crippen LogP contribution in [0.3, 0.4) is 0 Å². The smallest absolute Gasteiger partial charge is 0.126 e. The Bertz CT molecular complexity index is 601. The van der Waals surface area contributed by atoms with Gasteiger partial charge >= 0.3 is 0 Å². The van der Waals surface area contributed by atoms with E-state index in [1.807, 2.05) is 31.3 Å². The molecule has 1 unspecified atom stereocenters. The zero-order valence-electron chi connectivity index (χ0n) is 10.7. The van der Waals surface area contributed by atoms with E-state index < -0.39 is 0 Å². The van der Waals surface area contributed by atoms with Crippen molar-refractivity contribution in [2.45, 2.75) is 13.0 Å². The number of benzene rings is 2. The summed E-state index contributed by atoms with van der Waals surface area (Å²) in [7, 11) is 1.88. The quantitative estimate of drug-likeness (QED) is 0.685. The van der Waals surface area contributed by atoms with Crippen LogP contribution in [0.15, 0.2) is 40.9 Å². The van der Waals surface area contributed by atoms with Gasteiger partial charge in [-0.05, 0) is 77.5 Å². The lowest BCUT2D eigenvalue weighted by Crippen LogP contribution is -2.18. The Morgan fingerprint density at radius 3 is 2.58 bits per heavy atom. The molecule has 2 aromatic carbocycles. The van der Waals surface area contributed by atoms with Crippen LogP contribution in [0, 0.1) is 16.3 Å². The molecule has 0 radical (unpaired) electrons. The standard InChI is InChI=1S/C15H14BrFIN/c1-9-3-4-10(7-14(9)17)15(19-2)12-8-11(18)5-6-13(12)16/h3-8,15,19H,1-2H3. The van der Waals surface area contributed by atoms with E-state index >= 15 is 0 Å². The van der Waals surface area contributed by atoms with Crippen LogP contribution in [0.2, 0.25) is 0 Å². The van der Waals surface area contributed by atoms with Crippen molar-refractivity contribution in [3.8, 4) is 0 Å². The molecule has 0 aliphatic heterocycles. The Morgan fingerprint density at radius 2 is 1.95 bits per heavy atom. The molecule has 0 amide bonds. The maximum atomic E-state index is 13.7. The Kier molecular flexibility index (Phi) is 4.97. The lowest BCUT2D eigenvalue weighted by atomic mass is 9.98. The maximum absolute atomic E-state index is 13.7. The van der Waals surface area contributed by atoms with Gasteiger partial charge in [-0.3, -0.25) is 0 Å². The van der Waals surface area contributed by atoms with E-state index in [4.69, 9.17) is 0 Å². The van der Waals surface area contributed by atoms with Gasteiger partial charge in [0.15, 0.2) is 0 Å². The van der Waals surface area contributed by atoms with Crippen molar-refractivity contribution in [2.24, 2.45) is 0 Å². The van der Waals surface area contributed by atoms with Crippen molar-refractivity contribution < 1.29 is 4.39 Å². The number of halogens is 3. The Balaban J connectivity index is 2.49. The van der Waals surface area contributed by atoms with E-state index in [2.05, 4.69) is 49.9 Å². The van der Waals surface area contributed by atoms with Gasteiger partial charge in [0.1, 0.15) is 5.82 Å². The van der Waals surface area contributed by atoms with Gasteiger partial charge in [-0.15, -0.1) is 0 Å². The van der Waals surface area contributed by atoms with E-state index in [0.29, 0.717) is 5.56 Å². The number of hydrogen-bond donors (Lipinski definition) is 1. The van der Waals surface area contributed by atoms with Crippen molar-refractivity contribution >= 4 is 38.5 Å². The summed E-state index contributed by atoms with van der Waals surface area (Å²) in [5, 5.41) is 3.25. The van der Waals surface area contributed by atoms with Gasteiger partial charge in [0.2, 0.25) is 0 Å². The Morgan fingerprint density at radius 1 is 1.21 bits per heavy atom. The van der Waals surface area contributed by atoms with Crippen molar-refractivity contribution in [3.63, 3.8) is 0 Å². The monoisotopic (exact) mass is 433 g/mol. The molecule has 100 valence electrons. The third-order valence-corrected chi connectivity index (χ3v) is 4.48. The summed E-state index contributed by atoms with van der Waals surface area (Å²) in [5.41, 5.74) is 2.70. The summed E-state index contributed by atoms with van der Waals surface area (Å²) >= 11 is 5.85. The van der Waals surface area contributed by atoms with Crippen LogP contribution >= 0.6 is 38.5 Å². The lowest BCUT2D eigenvalue weighted by Gasteiger charge is -2.19. The van der Waals surface area contributed by atoms with Crippen LogP contribution in [0.4, 0.5) is 4.39 Å². The van der Waals surface area contributed by atoms with Crippen LogP contribution in [0.5, 0.6) is 0 Å². The van der Waals surface area contributed by atoms with Crippen LogP contribution in [0.1, 0.15) is 22.7 Å². The first-order chi connectivity index (χ1) is 9.02. The largest absolute Gasteiger partial charge is 0.309 e. The summed E-state index contributed by atoms with van der Waals surface area (Å²) in [6, 6.07) is 11.5. The van der Waals surface area contributed by atoms with E-state index in [-0.39, 0.29) is 11.9 Å². The minimum absolute atomic E-state index is 0.0285. The first-order valence-corrected chi connectivity index (χ1v) is 7.78. The normalized spacial score (nSPS) is 12.5. The summed E-state index contributed by atoms with van der Waals surface area (Å²) in [6.07, 6.45) is 0. The van der Waals surface area contributed by atoms with Crippen molar-refractivity contribution in [2.75, 3.05) is 7.05 Å². The highest BCUT2D eigenvalue weighted by Gasteiger charge is 2.16. The molecule has 0 heterocycles. The molecule has 1 N–H and O–H groups in total. The first-order valence-electron chi connectivity index (χ1n) is 5.91. The van der Waals surface area contributed by atoms with Crippen molar-refractivity contribution in [1.82, 2.24) is 5.32 Å². The van der Waals surface area contributed by atoms with Gasteiger partial charge < -0.3 is 5.32 Å². The molecular formula is C15H14BrFIN. The molecule has 0 saturated heterocycles. The second-order valence-corrected chi connectivity index (χ2v) is 6.50. The zero-order chi connectivity index (χ0) is 14.0. The van der Waals surface area contributed by atoms with Crippen LogP contribution in [-0.4, -0.2) is 7.05 Å². The van der Waals surface area contributed by atoms with Crippen LogP contribution in [-0.2, 0) is 0 Å². The molecule has 0 saturated carbocycles. The fourth-order valence-electron chi connectivity index (χ4n) is 2.03.